The number of imide groups is 1. The molecule has 2 aromatic rings. The summed E-state index contributed by atoms with van der Waals surface area (Å²) in [4.78, 5) is 27.5. The summed E-state index contributed by atoms with van der Waals surface area (Å²) in [7, 11) is 0. The number of amides is 3. The smallest absolute Gasteiger partial charge is 0.416 e. The lowest BCUT2D eigenvalue weighted by Crippen LogP contribution is -2.32. The maximum absolute atomic E-state index is 12.8. The monoisotopic (exact) mass is 420 g/mol. The molecule has 1 aliphatic heterocycles. The molecule has 0 spiro atoms. The zero-order valence-corrected chi connectivity index (χ0v) is 17.2. The minimum absolute atomic E-state index is 0.0206. The molecule has 3 rings (SSSR count). The van der Waals surface area contributed by atoms with Crippen LogP contribution in [0.1, 0.15) is 36.1 Å². The summed E-state index contributed by atoms with van der Waals surface area (Å²) < 4.78 is 44.1. The van der Waals surface area contributed by atoms with Crippen molar-refractivity contribution in [2.75, 3.05) is 11.4 Å². The van der Waals surface area contributed by atoms with Crippen molar-refractivity contribution < 1.29 is 27.5 Å². The molecule has 0 N–H and O–H groups in total. The highest BCUT2D eigenvalue weighted by Gasteiger charge is 2.37. The SMILES string of the molecule is Cc1cc(CN2C(=O)CN(c3ccc(C(F)(F)F)cc3)C2=O)cc(C)c1OC(C)C. The van der Waals surface area contributed by atoms with Crippen molar-refractivity contribution in [1.82, 2.24) is 4.90 Å². The first-order valence-corrected chi connectivity index (χ1v) is 9.53. The van der Waals surface area contributed by atoms with Crippen LogP contribution >= 0.6 is 0 Å². The van der Waals surface area contributed by atoms with Crippen LogP contribution in [-0.4, -0.2) is 29.5 Å². The molecule has 0 atom stereocenters. The van der Waals surface area contributed by atoms with Crippen LogP contribution < -0.4 is 9.64 Å². The molecule has 1 aliphatic rings. The number of halogens is 3. The highest BCUT2D eigenvalue weighted by molar-refractivity contribution is 6.12. The molecular weight excluding hydrogens is 397 g/mol. The Bertz CT molecular complexity index is 946. The van der Waals surface area contributed by atoms with Crippen LogP contribution in [0.25, 0.3) is 0 Å². The van der Waals surface area contributed by atoms with Gasteiger partial charge in [0.15, 0.2) is 0 Å². The summed E-state index contributed by atoms with van der Waals surface area (Å²) in [5.41, 5.74) is 2.01. The maximum Gasteiger partial charge on any atom is 0.416 e. The Balaban J connectivity index is 1.79. The summed E-state index contributed by atoms with van der Waals surface area (Å²) in [6.07, 6.45) is -4.44. The van der Waals surface area contributed by atoms with Gasteiger partial charge in [-0.15, -0.1) is 0 Å². The summed E-state index contributed by atoms with van der Waals surface area (Å²) in [5, 5.41) is 0. The van der Waals surface area contributed by atoms with Crippen molar-refractivity contribution in [3.05, 3.63) is 58.7 Å². The van der Waals surface area contributed by atoms with Crippen LogP contribution in [-0.2, 0) is 17.5 Å². The maximum atomic E-state index is 12.8. The first-order chi connectivity index (χ1) is 14.0. The Morgan fingerprint density at radius 3 is 2.10 bits per heavy atom. The summed E-state index contributed by atoms with van der Waals surface area (Å²) in [5.74, 6) is 0.372. The average Bonchev–Trinajstić information content (AvgIpc) is 2.92. The highest BCUT2D eigenvalue weighted by atomic mass is 19.4. The summed E-state index contributed by atoms with van der Waals surface area (Å²) in [6, 6.07) is 7.37. The third-order valence-electron chi connectivity index (χ3n) is 4.78. The van der Waals surface area contributed by atoms with E-state index in [1.165, 1.54) is 17.0 Å². The van der Waals surface area contributed by atoms with Crippen molar-refractivity contribution in [3.8, 4) is 5.75 Å². The molecule has 0 aromatic heterocycles. The molecule has 1 heterocycles. The molecule has 8 heteroatoms. The largest absolute Gasteiger partial charge is 0.490 e. The molecule has 2 aromatic carbocycles. The third-order valence-corrected chi connectivity index (χ3v) is 4.78. The van der Waals surface area contributed by atoms with Crippen molar-refractivity contribution in [3.63, 3.8) is 0 Å². The Morgan fingerprint density at radius 1 is 1.03 bits per heavy atom. The number of nitrogens with zero attached hydrogens (tertiary/aromatic N) is 2. The van der Waals surface area contributed by atoms with Gasteiger partial charge in [0.2, 0.25) is 0 Å². The van der Waals surface area contributed by atoms with Crippen LogP contribution in [0, 0.1) is 13.8 Å². The highest BCUT2D eigenvalue weighted by Crippen LogP contribution is 2.32. The first kappa shape index (κ1) is 21.7. The van der Waals surface area contributed by atoms with E-state index in [0.29, 0.717) is 0 Å². The number of benzene rings is 2. The van der Waals surface area contributed by atoms with Crippen LogP contribution in [0.4, 0.5) is 23.7 Å². The van der Waals surface area contributed by atoms with Crippen molar-refractivity contribution in [2.45, 2.75) is 46.5 Å². The quantitative estimate of drug-likeness (QED) is 0.634. The molecule has 30 heavy (non-hydrogen) atoms. The molecule has 0 radical (unpaired) electrons. The van der Waals surface area contributed by atoms with Crippen LogP contribution in [0.2, 0.25) is 0 Å². The van der Waals surface area contributed by atoms with Crippen LogP contribution in [0.15, 0.2) is 36.4 Å². The zero-order valence-electron chi connectivity index (χ0n) is 17.2. The molecule has 160 valence electrons. The second kappa shape index (κ2) is 8.01. The second-order valence-corrected chi connectivity index (χ2v) is 7.62. The standard InChI is InChI=1S/C22H23F3N2O3/c1-13(2)30-20-14(3)9-16(10-15(20)4)11-27-19(28)12-26(21(27)29)18-7-5-17(6-8-18)22(23,24)25/h5-10,13H,11-12H2,1-4H3. The fourth-order valence-corrected chi connectivity index (χ4v) is 3.46. The van der Waals surface area contributed by atoms with E-state index in [0.717, 1.165) is 39.5 Å². The molecule has 3 amide bonds. The Hall–Kier alpha value is -3.03. The molecular formula is C22H23F3N2O3. The number of hydrogen-bond acceptors (Lipinski definition) is 3. The Kier molecular flexibility index (Phi) is 5.78. The minimum atomic E-state index is -4.46. The third kappa shape index (κ3) is 4.42. The van der Waals surface area contributed by atoms with Gasteiger partial charge in [-0.2, -0.15) is 13.2 Å². The van der Waals surface area contributed by atoms with E-state index in [1.807, 2.05) is 39.8 Å². The number of rotatable bonds is 5. The van der Waals surface area contributed by atoms with Gasteiger partial charge in [-0.25, -0.2) is 4.79 Å². The first-order valence-electron chi connectivity index (χ1n) is 9.53. The van der Waals surface area contributed by atoms with Gasteiger partial charge in [-0.05, 0) is 68.7 Å². The van der Waals surface area contributed by atoms with Gasteiger partial charge < -0.3 is 4.74 Å². The van der Waals surface area contributed by atoms with Gasteiger partial charge in [0.25, 0.3) is 5.91 Å². The van der Waals surface area contributed by atoms with E-state index in [1.54, 1.807) is 0 Å². The summed E-state index contributed by atoms with van der Waals surface area (Å²) >= 11 is 0. The molecule has 1 fully saturated rings. The predicted molar refractivity (Wildman–Crippen MR) is 106 cm³/mol. The Morgan fingerprint density at radius 2 is 1.60 bits per heavy atom. The Labute approximate surface area is 173 Å². The van der Waals surface area contributed by atoms with Gasteiger partial charge in [-0.3, -0.25) is 14.6 Å². The van der Waals surface area contributed by atoms with E-state index in [2.05, 4.69) is 0 Å². The van der Waals surface area contributed by atoms with Crippen LogP contribution in [0.5, 0.6) is 5.75 Å². The number of hydrogen-bond donors (Lipinski definition) is 0. The average molecular weight is 420 g/mol. The topological polar surface area (TPSA) is 49.9 Å². The fraction of sp³-hybridized carbons (Fsp3) is 0.364. The number of urea groups is 1. The van der Waals surface area contributed by atoms with Crippen molar-refractivity contribution in [1.29, 1.82) is 0 Å². The van der Waals surface area contributed by atoms with Gasteiger partial charge >= 0.3 is 12.2 Å². The van der Waals surface area contributed by atoms with E-state index < -0.39 is 23.7 Å². The molecule has 5 nitrogen and oxygen atoms in total. The molecule has 1 saturated heterocycles. The van der Waals surface area contributed by atoms with E-state index >= 15 is 0 Å². The predicted octanol–water partition coefficient (Wildman–Crippen LogP) is 5.08. The van der Waals surface area contributed by atoms with Crippen molar-refractivity contribution >= 4 is 17.6 Å². The van der Waals surface area contributed by atoms with Gasteiger partial charge in [0, 0.05) is 5.69 Å². The lowest BCUT2D eigenvalue weighted by atomic mass is 10.1. The van der Waals surface area contributed by atoms with Gasteiger partial charge in [0.05, 0.1) is 18.2 Å². The van der Waals surface area contributed by atoms with E-state index in [4.69, 9.17) is 4.74 Å². The van der Waals surface area contributed by atoms with E-state index in [-0.39, 0.29) is 24.9 Å². The fourth-order valence-electron chi connectivity index (χ4n) is 3.46. The number of anilines is 1. The van der Waals surface area contributed by atoms with Gasteiger partial charge in [0.1, 0.15) is 12.3 Å². The number of carbonyl (C=O) groups is 2. The molecule has 0 aliphatic carbocycles. The van der Waals surface area contributed by atoms with Crippen molar-refractivity contribution in [2.24, 2.45) is 0 Å². The lowest BCUT2D eigenvalue weighted by Gasteiger charge is -2.20. The molecule has 0 bridgehead atoms. The summed E-state index contributed by atoms with van der Waals surface area (Å²) in [6.45, 7) is 7.54. The number of alkyl halides is 3. The number of ether oxygens (including phenoxy) is 1. The second-order valence-electron chi connectivity index (χ2n) is 7.62. The van der Waals surface area contributed by atoms with Crippen LogP contribution in [0.3, 0.4) is 0 Å². The zero-order chi connectivity index (χ0) is 22.2. The normalized spacial score (nSPS) is 14.8. The number of aryl methyl sites for hydroxylation is 2. The lowest BCUT2D eigenvalue weighted by molar-refractivity contribution is -0.137. The van der Waals surface area contributed by atoms with E-state index in [9.17, 15) is 22.8 Å². The molecule has 0 unspecified atom stereocenters. The van der Waals surface area contributed by atoms with Gasteiger partial charge in [-0.1, -0.05) is 12.1 Å². The minimum Gasteiger partial charge on any atom is -0.490 e. The molecule has 0 saturated carbocycles. The number of carbonyl (C=O) groups excluding carboxylic acids is 2.